The number of rotatable bonds is 5. The van der Waals surface area contributed by atoms with E-state index in [-0.39, 0.29) is 32.6 Å². The van der Waals surface area contributed by atoms with Crippen LogP contribution in [0.5, 0.6) is 0 Å². The first-order chi connectivity index (χ1) is 13.4. The summed E-state index contributed by atoms with van der Waals surface area (Å²) in [6, 6.07) is 6.90. The molecule has 146 valence electrons. The van der Waals surface area contributed by atoms with Gasteiger partial charge in [-0.25, -0.2) is 8.42 Å². The predicted octanol–water partition coefficient (Wildman–Crippen LogP) is 4.85. The van der Waals surface area contributed by atoms with Gasteiger partial charge in [0, 0.05) is 22.6 Å². The lowest BCUT2D eigenvalue weighted by Crippen LogP contribution is -2.19. The number of halogens is 1. The lowest BCUT2D eigenvalue weighted by atomic mass is 9.91. The van der Waals surface area contributed by atoms with Crippen LogP contribution in [0.15, 0.2) is 45.0 Å². The number of Topliss-reactive ketones (excluding diaryl/α,β-unsaturated/α-hetero) is 2. The fourth-order valence-electron chi connectivity index (χ4n) is 3.55. The summed E-state index contributed by atoms with van der Waals surface area (Å²) in [7, 11) is -3.33. The fraction of sp³-hybridized carbons (Fsp3) is 0.300. The second-order valence-corrected chi connectivity index (χ2v) is 11.3. The fourth-order valence-corrected chi connectivity index (χ4v) is 7.49. The van der Waals surface area contributed by atoms with Crippen molar-refractivity contribution in [3.63, 3.8) is 0 Å². The first-order valence-electron chi connectivity index (χ1n) is 8.89. The van der Waals surface area contributed by atoms with Gasteiger partial charge in [-0.2, -0.15) is 0 Å². The van der Waals surface area contributed by atoms with E-state index in [0.29, 0.717) is 30.6 Å². The Morgan fingerprint density at radius 2 is 2.00 bits per heavy atom. The van der Waals surface area contributed by atoms with Crippen LogP contribution in [0.3, 0.4) is 0 Å². The monoisotopic (exact) mass is 452 g/mol. The van der Waals surface area contributed by atoms with E-state index in [1.165, 1.54) is 28.8 Å². The number of carbonyl (C=O) groups is 2. The second-order valence-electron chi connectivity index (χ2n) is 6.74. The number of thiophene rings is 1. The first kappa shape index (κ1) is 19.9. The minimum absolute atomic E-state index is 0.00321. The molecule has 0 bridgehead atoms. The van der Waals surface area contributed by atoms with Crippen molar-refractivity contribution in [2.75, 3.05) is 5.75 Å². The molecule has 0 amide bonds. The van der Waals surface area contributed by atoms with Crippen molar-refractivity contribution in [2.24, 2.45) is 0 Å². The van der Waals surface area contributed by atoms with Crippen molar-refractivity contribution in [3.05, 3.63) is 61.2 Å². The largest absolute Gasteiger partial charge is 0.294 e. The van der Waals surface area contributed by atoms with E-state index in [4.69, 9.17) is 11.6 Å². The summed E-state index contributed by atoms with van der Waals surface area (Å²) in [5.74, 6) is 0.167. The molecule has 28 heavy (non-hydrogen) atoms. The molecule has 0 N–H and O–H groups in total. The van der Waals surface area contributed by atoms with Gasteiger partial charge in [0.15, 0.2) is 21.4 Å². The molecule has 2 aliphatic rings. The third kappa shape index (κ3) is 3.61. The molecule has 1 aliphatic carbocycles. The number of hydrogen-bond donors (Lipinski definition) is 0. The topological polar surface area (TPSA) is 68.3 Å². The van der Waals surface area contributed by atoms with Crippen molar-refractivity contribution >= 4 is 56.1 Å². The van der Waals surface area contributed by atoms with Gasteiger partial charge in [-0.3, -0.25) is 9.59 Å². The highest BCUT2D eigenvalue weighted by Crippen LogP contribution is 2.39. The highest BCUT2D eigenvalue weighted by Gasteiger charge is 2.33. The number of thioether (sulfide) groups is 1. The lowest BCUT2D eigenvalue weighted by molar-refractivity contribution is -0.115. The van der Waals surface area contributed by atoms with Gasteiger partial charge in [-0.1, -0.05) is 17.7 Å². The summed E-state index contributed by atoms with van der Waals surface area (Å²) in [5, 5.41) is 2.16. The van der Waals surface area contributed by atoms with Gasteiger partial charge in [0.2, 0.25) is 0 Å². The van der Waals surface area contributed by atoms with Gasteiger partial charge >= 0.3 is 0 Å². The molecule has 2 heterocycles. The zero-order chi connectivity index (χ0) is 19.9. The maximum Gasteiger partial charge on any atom is 0.198 e. The number of sulfone groups is 1. The number of carbonyl (C=O) groups excluding carboxylic acids is 2. The van der Waals surface area contributed by atoms with E-state index >= 15 is 0 Å². The third-order valence-corrected chi connectivity index (χ3v) is 9.46. The summed E-state index contributed by atoms with van der Waals surface area (Å²) < 4.78 is 24.2. The Labute approximate surface area is 176 Å². The van der Waals surface area contributed by atoms with E-state index in [2.05, 4.69) is 0 Å². The molecule has 1 aromatic heterocycles. The Morgan fingerprint density at radius 1 is 1.18 bits per heavy atom. The van der Waals surface area contributed by atoms with Crippen LogP contribution in [-0.4, -0.2) is 25.7 Å². The van der Waals surface area contributed by atoms with Gasteiger partial charge in [-0.15, -0.1) is 23.1 Å². The average molecular weight is 453 g/mol. The number of benzene rings is 1. The van der Waals surface area contributed by atoms with Crippen molar-refractivity contribution in [3.8, 4) is 0 Å². The van der Waals surface area contributed by atoms with Crippen molar-refractivity contribution in [1.82, 2.24) is 0 Å². The van der Waals surface area contributed by atoms with Crippen LogP contribution >= 0.6 is 34.7 Å². The minimum Gasteiger partial charge on any atom is -0.294 e. The standard InChI is InChI=1S/C20H17ClO4S3/c21-19-13-8-10-28(24,25)17(13)7-6-14(19)20(23)18-15(22)4-1-5-16(18)27-11-12-3-2-9-26-12/h2-3,6-7,9H,1,4-5,8,10-11H2. The van der Waals surface area contributed by atoms with Gasteiger partial charge < -0.3 is 0 Å². The van der Waals surface area contributed by atoms with Gasteiger partial charge in [0.25, 0.3) is 0 Å². The second kappa shape index (κ2) is 7.78. The van der Waals surface area contributed by atoms with Gasteiger partial charge in [-0.05, 0) is 53.3 Å². The van der Waals surface area contributed by atoms with Crippen molar-refractivity contribution < 1.29 is 18.0 Å². The Bertz CT molecular complexity index is 1100. The summed E-state index contributed by atoms with van der Waals surface area (Å²) in [6.07, 6.45) is 2.07. The Balaban J connectivity index is 1.71. The third-order valence-electron chi connectivity index (χ3n) is 4.96. The molecule has 1 aliphatic heterocycles. The molecule has 0 fully saturated rings. The Kier molecular flexibility index (Phi) is 5.53. The van der Waals surface area contributed by atoms with E-state index in [9.17, 15) is 18.0 Å². The Morgan fingerprint density at radius 3 is 2.75 bits per heavy atom. The molecule has 4 nitrogen and oxygen atoms in total. The van der Waals surface area contributed by atoms with E-state index in [1.54, 1.807) is 11.3 Å². The number of allylic oxidation sites excluding steroid dienone is 2. The van der Waals surface area contributed by atoms with Crippen LogP contribution < -0.4 is 0 Å². The van der Waals surface area contributed by atoms with Crippen LogP contribution in [0.25, 0.3) is 0 Å². The van der Waals surface area contributed by atoms with Crippen LogP contribution in [0.4, 0.5) is 0 Å². The molecule has 0 radical (unpaired) electrons. The van der Waals surface area contributed by atoms with E-state index < -0.39 is 15.6 Å². The lowest BCUT2D eigenvalue weighted by Gasteiger charge is -2.19. The molecule has 0 atom stereocenters. The quantitative estimate of drug-likeness (QED) is 0.479. The molecule has 2 aromatic rings. The van der Waals surface area contributed by atoms with E-state index in [1.807, 2.05) is 17.5 Å². The molecule has 4 rings (SSSR count). The number of ketones is 2. The first-order valence-corrected chi connectivity index (χ1v) is 12.8. The average Bonchev–Trinajstić information content (AvgIpc) is 3.28. The molecule has 8 heteroatoms. The zero-order valence-corrected chi connectivity index (χ0v) is 18.1. The predicted molar refractivity (Wildman–Crippen MR) is 113 cm³/mol. The van der Waals surface area contributed by atoms with Crippen LogP contribution in [0.1, 0.15) is 40.1 Å². The summed E-state index contributed by atoms with van der Waals surface area (Å²) in [4.78, 5) is 28.0. The maximum absolute atomic E-state index is 13.2. The van der Waals surface area contributed by atoms with Crippen LogP contribution in [0.2, 0.25) is 5.02 Å². The van der Waals surface area contributed by atoms with E-state index in [0.717, 1.165) is 11.3 Å². The van der Waals surface area contributed by atoms with Crippen molar-refractivity contribution in [2.45, 2.75) is 36.3 Å². The van der Waals surface area contributed by atoms with Crippen LogP contribution in [0, 0.1) is 0 Å². The summed E-state index contributed by atoms with van der Waals surface area (Å²) in [6.45, 7) is 0. The molecule has 0 saturated carbocycles. The van der Waals surface area contributed by atoms with Crippen LogP contribution in [-0.2, 0) is 26.8 Å². The van der Waals surface area contributed by atoms with Crippen molar-refractivity contribution in [1.29, 1.82) is 0 Å². The number of fused-ring (bicyclic) bond motifs is 1. The van der Waals surface area contributed by atoms with Gasteiger partial charge in [0.1, 0.15) is 0 Å². The molecular weight excluding hydrogens is 436 g/mol. The number of hydrogen-bond acceptors (Lipinski definition) is 6. The smallest absolute Gasteiger partial charge is 0.198 e. The molecule has 0 saturated heterocycles. The maximum atomic E-state index is 13.2. The van der Waals surface area contributed by atoms with Gasteiger partial charge in [0.05, 0.1) is 21.2 Å². The highest BCUT2D eigenvalue weighted by molar-refractivity contribution is 8.02. The Hall–Kier alpha value is -1.41. The molecule has 0 unspecified atom stereocenters. The molecular formula is C20H17ClO4S3. The SMILES string of the molecule is O=C1CCCC(SCc2cccs2)=C1C(=O)c1ccc2c(c1Cl)CCS2(=O)=O. The highest BCUT2D eigenvalue weighted by atomic mass is 35.5. The zero-order valence-electron chi connectivity index (χ0n) is 14.9. The summed E-state index contributed by atoms with van der Waals surface area (Å²) in [5.41, 5.74) is 0.927. The molecule has 1 aromatic carbocycles. The molecule has 0 spiro atoms. The summed E-state index contributed by atoms with van der Waals surface area (Å²) >= 11 is 9.60. The normalized spacial score (nSPS) is 18.4. The minimum atomic E-state index is -3.33.